The van der Waals surface area contributed by atoms with Crippen LogP contribution in [0.5, 0.6) is 0 Å². The van der Waals surface area contributed by atoms with Gasteiger partial charge >= 0.3 is 0 Å². The molecule has 0 amide bonds. The van der Waals surface area contributed by atoms with Crippen LogP contribution < -0.4 is 5.32 Å². The summed E-state index contributed by atoms with van der Waals surface area (Å²) in [4.78, 5) is 12.9. The Morgan fingerprint density at radius 2 is 2.05 bits per heavy atom. The van der Waals surface area contributed by atoms with E-state index < -0.39 is 0 Å². The molecule has 0 spiro atoms. The smallest absolute Gasteiger partial charge is 0.264 e. The maximum absolute atomic E-state index is 5.50. The van der Waals surface area contributed by atoms with Gasteiger partial charge in [-0.25, -0.2) is 15.0 Å². The number of nitrogens with zero attached hydrogens (tertiary/aromatic N) is 3. The largest absolute Gasteiger partial charge is 0.436 e. The molecule has 1 N–H and O–H groups in total. The number of nitrogens with one attached hydrogen (secondary N) is 1. The fourth-order valence-corrected chi connectivity index (χ4v) is 2.32. The van der Waals surface area contributed by atoms with Crippen molar-refractivity contribution in [3.8, 4) is 0 Å². The van der Waals surface area contributed by atoms with E-state index in [1.54, 1.807) is 0 Å². The number of oxazole rings is 1. The number of hydrogen-bond donors (Lipinski definition) is 1. The highest BCUT2D eigenvalue weighted by Gasteiger charge is 2.20. The molecular weight excluding hydrogens is 260 g/mol. The van der Waals surface area contributed by atoms with E-state index in [1.807, 2.05) is 26.2 Å². The summed E-state index contributed by atoms with van der Waals surface area (Å²) in [6.45, 7) is 4.67. The molecule has 0 saturated heterocycles. The minimum atomic E-state index is 0.596. The molecule has 100 valence electrons. The second kappa shape index (κ2) is 5.30. The highest BCUT2D eigenvalue weighted by atomic mass is 32.2. The van der Waals surface area contributed by atoms with Gasteiger partial charge in [-0.1, -0.05) is 0 Å². The van der Waals surface area contributed by atoms with Gasteiger partial charge in [-0.3, -0.25) is 0 Å². The Hall–Kier alpha value is -1.40. The van der Waals surface area contributed by atoms with E-state index in [-0.39, 0.29) is 0 Å². The maximum atomic E-state index is 5.50. The van der Waals surface area contributed by atoms with Gasteiger partial charge in [0.2, 0.25) is 0 Å². The number of aryl methyl sites for hydroxylation is 2. The van der Waals surface area contributed by atoms with Gasteiger partial charge in [0.25, 0.3) is 5.22 Å². The van der Waals surface area contributed by atoms with E-state index in [1.165, 1.54) is 24.6 Å². The summed E-state index contributed by atoms with van der Waals surface area (Å²) in [5.74, 6) is 0.841. The summed E-state index contributed by atoms with van der Waals surface area (Å²) in [6, 6.07) is 0.701. The molecule has 0 aromatic carbocycles. The zero-order chi connectivity index (χ0) is 13.2. The van der Waals surface area contributed by atoms with Crippen molar-refractivity contribution in [2.75, 3.05) is 0 Å². The van der Waals surface area contributed by atoms with Gasteiger partial charge in [0.15, 0.2) is 5.16 Å². The number of aromatic nitrogens is 3. The van der Waals surface area contributed by atoms with Crippen LogP contribution in [-0.2, 0) is 6.54 Å². The van der Waals surface area contributed by atoms with E-state index in [9.17, 15) is 0 Å². The van der Waals surface area contributed by atoms with Crippen molar-refractivity contribution < 1.29 is 4.42 Å². The van der Waals surface area contributed by atoms with Crippen molar-refractivity contribution in [1.29, 1.82) is 0 Å². The Labute approximate surface area is 116 Å². The van der Waals surface area contributed by atoms with Crippen LogP contribution >= 0.6 is 11.8 Å². The second-order valence-corrected chi connectivity index (χ2v) is 5.67. The summed E-state index contributed by atoms with van der Waals surface area (Å²) in [5.41, 5.74) is 2.02. The molecule has 2 heterocycles. The summed E-state index contributed by atoms with van der Waals surface area (Å²) in [5, 5.41) is 4.69. The van der Waals surface area contributed by atoms with E-state index in [2.05, 4.69) is 20.3 Å². The lowest BCUT2D eigenvalue weighted by molar-refractivity contribution is 0.430. The van der Waals surface area contributed by atoms with Crippen molar-refractivity contribution in [3.63, 3.8) is 0 Å². The Kier molecular flexibility index (Phi) is 3.52. The maximum Gasteiger partial charge on any atom is 0.264 e. The molecular formula is C13H16N4OS. The quantitative estimate of drug-likeness (QED) is 0.846. The predicted octanol–water partition coefficient (Wildman–Crippen LogP) is 2.48. The first kappa shape index (κ1) is 12.6. The van der Waals surface area contributed by atoms with Crippen LogP contribution in [0.3, 0.4) is 0 Å². The predicted molar refractivity (Wildman–Crippen MR) is 72.0 cm³/mol. The summed E-state index contributed by atoms with van der Waals surface area (Å²) >= 11 is 1.35. The molecule has 1 aliphatic rings. The average molecular weight is 276 g/mol. The van der Waals surface area contributed by atoms with Crippen molar-refractivity contribution >= 4 is 11.8 Å². The molecule has 0 unspecified atom stereocenters. The molecule has 19 heavy (non-hydrogen) atoms. The lowest BCUT2D eigenvalue weighted by Crippen LogP contribution is -2.15. The molecule has 0 atom stereocenters. The van der Waals surface area contributed by atoms with Gasteiger partial charge in [0.05, 0.1) is 5.69 Å². The first-order valence-corrected chi connectivity index (χ1v) is 7.18. The molecule has 2 aromatic heterocycles. The van der Waals surface area contributed by atoms with Crippen molar-refractivity contribution in [3.05, 3.63) is 29.4 Å². The molecule has 6 heteroatoms. The SMILES string of the molecule is Cc1nc(Sc2ncc(CNC3CC3)cn2)oc1C. The van der Waals surface area contributed by atoms with Crippen LogP contribution in [0.15, 0.2) is 27.2 Å². The monoisotopic (exact) mass is 276 g/mol. The average Bonchev–Trinajstić information content (AvgIpc) is 3.16. The molecule has 0 aliphatic heterocycles. The topological polar surface area (TPSA) is 63.8 Å². The molecule has 1 fully saturated rings. The van der Waals surface area contributed by atoms with Gasteiger partial charge in [0, 0.05) is 42.3 Å². The second-order valence-electron chi connectivity index (χ2n) is 4.75. The highest BCUT2D eigenvalue weighted by molar-refractivity contribution is 7.98. The molecule has 0 bridgehead atoms. The lowest BCUT2D eigenvalue weighted by Gasteiger charge is -2.02. The van der Waals surface area contributed by atoms with Crippen LogP contribution in [0.4, 0.5) is 0 Å². The van der Waals surface area contributed by atoms with Crippen LogP contribution in [0, 0.1) is 13.8 Å². The van der Waals surface area contributed by atoms with Crippen LogP contribution in [0.2, 0.25) is 0 Å². The molecule has 1 saturated carbocycles. The third kappa shape index (κ3) is 3.33. The van der Waals surface area contributed by atoms with Crippen molar-refractivity contribution in [2.24, 2.45) is 0 Å². The number of rotatable bonds is 5. The van der Waals surface area contributed by atoms with Gasteiger partial charge in [-0.2, -0.15) is 0 Å². The van der Waals surface area contributed by atoms with Gasteiger partial charge in [-0.05, 0) is 26.7 Å². The van der Waals surface area contributed by atoms with Gasteiger partial charge < -0.3 is 9.73 Å². The van der Waals surface area contributed by atoms with E-state index >= 15 is 0 Å². The first-order valence-electron chi connectivity index (χ1n) is 6.37. The Bertz CT molecular complexity index is 543. The van der Waals surface area contributed by atoms with Gasteiger partial charge in [-0.15, -0.1) is 0 Å². The third-order valence-corrected chi connectivity index (χ3v) is 3.78. The van der Waals surface area contributed by atoms with Crippen LogP contribution in [0.25, 0.3) is 0 Å². The zero-order valence-corrected chi connectivity index (χ0v) is 11.8. The third-order valence-electron chi connectivity index (χ3n) is 3.04. The standard InChI is InChI=1S/C13H16N4OS/c1-8-9(2)18-13(17-8)19-12-15-6-10(7-16-12)5-14-11-3-4-11/h6-7,11,14H,3-5H2,1-2H3. The van der Waals surface area contributed by atoms with Crippen LogP contribution in [0.1, 0.15) is 29.9 Å². The zero-order valence-electron chi connectivity index (χ0n) is 11.0. The summed E-state index contributed by atoms with van der Waals surface area (Å²) in [7, 11) is 0. The van der Waals surface area contributed by atoms with Crippen LogP contribution in [-0.4, -0.2) is 21.0 Å². The first-order chi connectivity index (χ1) is 9.20. The molecule has 2 aromatic rings. The summed E-state index contributed by atoms with van der Waals surface area (Å²) < 4.78 is 5.50. The highest BCUT2D eigenvalue weighted by Crippen LogP contribution is 2.25. The van der Waals surface area contributed by atoms with E-state index in [0.29, 0.717) is 16.4 Å². The molecule has 3 rings (SSSR count). The molecule has 0 radical (unpaired) electrons. The van der Waals surface area contributed by atoms with Gasteiger partial charge in [0.1, 0.15) is 5.76 Å². The minimum absolute atomic E-state index is 0.596. The fraction of sp³-hybridized carbons (Fsp3) is 0.462. The molecule has 1 aliphatic carbocycles. The van der Waals surface area contributed by atoms with E-state index in [0.717, 1.165) is 23.6 Å². The Balaban J connectivity index is 1.61. The van der Waals surface area contributed by atoms with Crippen molar-refractivity contribution in [1.82, 2.24) is 20.3 Å². The Morgan fingerprint density at radius 1 is 1.32 bits per heavy atom. The number of hydrogen-bond acceptors (Lipinski definition) is 6. The van der Waals surface area contributed by atoms with E-state index in [4.69, 9.17) is 4.42 Å². The summed E-state index contributed by atoms with van der Waals surface area (Å²) in [6.07, 6.45) is 6.29. The van der Waals surface area contributed by atoms with Crippen molar-refractivity contribution in [2.45, 2.75) is 49.7 Å². The normalized spacial score (nSPS) is 14.8. The lowest BCUT2D eigenvalue weighted by atomic mass is 10.3. The Morgan fingerprint density at radius 3 is 2.63 bits per heavy atom. The fourth-order valence-electron chi connectivity index (χ4n) is 1.60. The minimum Gasteiger partial charge on any atom is -0.436 e. The molecule has 5 nitrogen and oxygen atoms in total.